The highest BCUT2D eigenvalue weighted by molar-refractivity contribution is 7.91. The van der Waals surface area contributed by atoms with Crippen LogP contribution < -0.4 is 0 Å². The predicted molar refractivity (Wildman–Crippen MR) is 80.6 cm³/mol. The van der Waals surface area contributed by atoms with Crippen LogP contribution in [0.2, 0.25) is 0 Å². The number of phenolic OH excluding ortho intramolecular Hbond substituents is 2. The Morgan fingerprint density at radius 1 is 0.762 bits per heavy atom. The van der Waals surface area contributed by atoms with E-state index in [0.29, 0.717) is 11.1 Å². The van der Waals surface area contributed by atoms with E-state index in [1.54, 1.807) is 27.7 Å². The van der Waals surface area contributed by atoms with E-state index in [4.69, 9.17) is 0 Å². The van der Waals surface area contributed by atoms with Crippen LogP contribution in [0.4, 0.5) is 0 Å². The van der Waals surface area contributed by atoms with Crippen molar-refractivity contribution in [2.75, 3.05) is 0 Å². The summed E-state index contributed by atoms with van der Waals surface area (Å²) in [6.45, 7) is 6.90. The van der Waals surface area contributed by atoms with E-state index < -0.39 is 9.84 Å². The summed E-state index contributed by atoms with van der Waals surface area (Å²) in [6.07, 6.45) is 0. The van der Waals surface area contributed by atoms with Gasteiger partial charge in [0.25, 0.3) is 0 Å². The third-order valence-electron chi connectivity index (χ3n) is 3.86. The Kier molecular flexibility index (Phi) is 3.72. The molecule has 0 atom stereocenters. The quantitative estimate of drug-likeness (QED) is 0.893. The van der Waals surface area contributed by atoms with E-state index in [9.17, 15) is 18.6 Å². The Bertz CT molecular complexity index is 813. The Labute approximate surface area is 124 Å². The van der Waals surface area contributed by atoms with E-state index in [-0.39, 0.29) is 21.3 Å². The lowest BCUT2D eigenvalue weighted by Crippen LogP contribution is -2.06. The maximum Gasteiger partial charge on any atom is 0.210 e. The molecule has 0 aliphatic heterocycles. The molecule has 0 heterocycles. The molecule has 0 aliphatic rings. The summed E-state index contributed by atoms with van der Waals surface area (Å²) in [6, 6.07) is 5.64. The molecule has 0 amide bonds. The molecule has 0 aliphatic carbocycles. The van der Waals surface area contributed by atoms with Crippen LogP contribution in [0.3, 0.4) is 0 Å². The van der Waals surface area contributed by atoms with Gasteiger partial charge in [0, 0.05) is 0 Å². The van der Waals surface area contributed by atoms with Gasteiger partial charge < -0.3 is 10.2 Å². The van der Waals surface area contributed by atoms with E-state index in [2.05, 4.69) is 0 Å². The van der Waals surface area contributed by atoms with Crippen LogP contribution in [0.15, 0.2) is 34.1 Å². The van der Waals surface area contributed by atoms with Crippen molar-refractivity contribution in [1.29, 1.82) is 0 Å². The molecule has 2 aromatic rings. The molecule has 112 valence electrons. The number of sulfone groups is 1. The van der Waals surface area contributed by atoms with Gasteiger partial charge in [-0.1, -0.05) is 0 Å². The molecule has 0 aromatic heterocycles. The zero-order valence-corrected chi connectivity index (χ0v) is 13.2. The summed E-state index contributed by atoms with van der Waals surface area (Å²) < 4.78 is 25.5. The van der Waals surface area contributed by atoms with Crippen LogP contribution >= 0.6 is 0 Å². The second kappa shape index (κ2) is 5.07. The lowest BCUT2D eigenvalue weighted by Gasteiger charge is -2.13. The average Bonchev–Trinajstić information content (AvgIpc) is 2.39. The first-order valence-electron chi connectivity index (χ1n) is 6.50. The van der Waals surface area contributed by atoms with Crippen molar-refractivity contribution in [3.05, 3.63) is 46.5 Å². The Balaban J connectivity index is 2.75. The van der Waals surface area contributed by atoms with Crippen molar-refractivity contribution >= 4 is 9.84 Å². The molecule has 2 aromatic carbocycles. The van der Waals surface area contributed by atoms with Gasteiger partial charge in [-0.25, -0.2) is 8.42 Å². The smallest absolute Gasteiger partial charge is 0.210 e. The minimum Gasteiger partial charge on any atom is -0.508 e. The lowest BCUT2D eigenvalue weighted by molar-refractivity contribution is 0.458. The Morgan fingerprint density at radius 2 is 1.33 bits per heavy atom. The van der Waals surface area contributed by atoms with Crippen LogP contribution in [0, 0.1) is 27.7 Å². The Morgan fingerprint density at radius 3 is 1.95 bits per heavy atom. The summed E-state index contributed by atoms with van der Waals surface area (Å²) in [7, 11) is -3.84. The highest BCUT2D eigenvalue weighted by atomic mass is 32.2. The van der Waals surface area contributed by atoms with Crippen molar-refractivity contribution in [3.63, 3.8) is 0 Å². The van der Waals surface area contributed by atoms with Gasteiger partial charge in [-0.2, -0.15) is 0 Å². The maximum atomic E-state index is 12.8. The van der Waals surface area contributed by atoms with Crippen molar-refractivity contribution < 1.29 is 18.6 Å². The molecule has 0 radical (unpaired) electrons. The van der Waals surface area contributed by atoms with Crippen LogP contribution in [0.1, 0.15) is 22.3 Å². The number of aromatic hydroxyl groups is 2. The molecule has 21 heavy (non-hydrogen) atoms. The predicted octanol–water partition coefficient (Wildman–Crippen LogP) is 3.16. The van der Waals surface area contributed by atoms with Gasteiger partial charge in [-0.15, -0.1) is 0 Å². The number of hydrogen-bond donors (Lipinski definition) is 2. The highest BCUT2D eigenvalue weighted by Crippen LogP contribution is 2.34. The first-order valence-corrected chi connectivity index (χ1v) is 7.99. The molecule has 2 N–H and O–H groups in total. The van der Waals surface area contributed by atoms with E-state index in [0.717, 1.165) is 11.1 Å². The minimum atomic E-state index is -3.84. The Hall–Kier alpha value is -2.01. The largest absolute Gasteiger partial charge is 0.508 e. The normalized spacial score (nSPS) is 11.6. The number of benzene rings is 2. The van der Waals surface area contributed by atoms with E-state index >= 15 is 0 Å². The third-order valence-corrected chi connectivity index (χ3v) is 5.79. The van der Waals surface area contributed by atoms with Crippen LogP contribution in [-0.4, -0.2) is 18.6 Å². The summed E-state index contributed by atoms with van der Waals surface area (Å²) in [5.41, 5.74) is 2.61. The van der Waals surface area contributed by atoms with Crippen molar-refractivity contribution in [3.8, 4) is 11.5 Å². The van der Waals surface area contributed by atoms with Crippen molar-refractivity contribution in [1.82, 2.24) is 0 Å². The number of phenols is 2. The molecule has 0 saturated heterocycles. The fraction of sp³-hybridized carbons (Fsp3) is 0.250. The van der Waals surface area contributed by atoms with E-state index in [1.165, 1.54) is 24.3 Å². The van der Waals surface area contributed by atoms with Crippen LogP contribution in [-0.2, 0) is 9.84 Å². The number of hydrogen-bond acceptors (Lipinski definition) is 4. The standard InChI is InChI=1S/C16H18O4S/c1-9-7-14(18)16(8-10(9)2)21(19,20)15-6-5-13(17)11(3)12(15)4/h5-8,17-18H,1-4H3. The zero-order valence-electron chi connectivity index (χ0n) is 12.4. The van der Waals surface area contributed by atoms with Crippen LogP contribution in [0.5, 0.6) is 11.5 Å². The van der Waals surface area contributed by atoms with Gasteiger partial charge >= 0.3 is 0 Å². The molecular formula is C16H18O4S. The molecule has 0 saturated carbocycles. The highest BCUT2D eigenvalue weighted by Gasteiger charge is 2.25. The topological polar surface area (TPSA) is 74.6 Å². The van der Waals surface area contributed by atoms with Gasteiger partial charge in [0.1, 0.15) is 16.4 Å². The first kappa shape index (κ1) is 15.4. The fourth-order valence-corrected chi connectivity index (χ4v) is 3.89. The summed E-state index contributed by atoms with van der Waals surface area (Å²) >= 11 is 0. The van der Waals surface area contributed by atoms with E-state index in [1.807, 2.05) is 0 Å². The number of rotatable bonds is 2. The molecular weight excluding hydrogens is 288 g/mol. The zero-order chi connectivity index (χ0) is 15.9. The minimum absolute atomic E-state index is 0.0516. The van der Waals surface area contributed by atoms with Crippen molar-refractivity contribution in [2.45, 2.75) is 37.5 Å². The molecule has 0 fully saturated rings. The molecule has 5 heteroatoms. The molecule has 0 bridgehead atoms. The van der Waals surface area contributed by atoms with Gasteiger partial charge in [-0.05, 0) is 74.2 Å². The van der Waals surface area contributed by atoms with Crippen molar-refractivity contribution in [2.24, 2.45) is 0 Å². The molecule has 0 unspecified atom stereocenters. The van der Waals surface area contributed by atoms with Gasteiger partial charge in [-0.3, -0.25) is 0 Å². The first-order chi connectivity index (χ1) is 9.66. The van der Waals surface area contributed by atoms with Gasteiger partial charge in [0.15, 0.2) is 0 Å². The second-order valence-corrected chi connectivity index (χ2v) is 7.13. The SMILES string of the molecule is Cc1cc(O)c(S(=O)(=O)c2ccc(O)c(C)c2C)cc1C. The summed E-state index contributed by atoms with van der Waals surface area (Å²) in [5, 5.41) is 19.7. The fourth-order valence-electron chi connectivity index (χ4n) is 2.18. The summed E-state index contributed by atoms with van der Waals surface area (Å²) in [4.78, 5) is -0.0184. The van der Waals surface area contributed by atoms with Gasteiger partial charge in [0.2, 0.25) is 9.84 Å². The van der Waals surface area contributed by atoms with Gasteiger partial charge in [0.05, 0.1) is 4.90 Å². The van der Waals surface area contributed by atoms with Crippen LogP contribution in [0.25, 0.3) is 0 Å². The summed E-state index contributed by atoms with van der Waals surface area (Å²) in [5.74, 6) is -0.209. The average molecular weight is 306 g/mol. The third kappa shape index (κ3) is 2.49. The lowest BCUT2D eigenvalue weighted by atomic mass is 10.1. The maximum absolute atomic E-state index is 12.8. The second-order valence-electron chi connectivity index (χ2n) is 5.24. The monoisotopic (exact) mass is 306 g/mol. The number of aryl methyl sites for hydroxylation is 2. The molecule has 4 nitrogen and oxygen atoms in total. The molecule has 0 spiro atoms. The molecule has 2 rings (SSSR count).